The standard InChI is InChI=1S/C12H21N3O/c1-10-7-12(16-14-10)9-15(2)8-11-5-3-4-6-13-11/h7,11,13H,3-6,8-9H2,1-2H3. The van der Waals surface area contributed by atoms with Crippen molar-refractivity contribution in [2.75, 3.05) is 20.1 Å². The van der Waals surface area contributed by atoms with Crippen molar-refractivity contribution in [2.24, 2.45) is 0 Å². The molecule has 90 valence electrons. The van der Waals surface area contributed by atoms with Gasteiger partial charge in [-0.25, -0.2) is 0 Å². The van der Waals surface area contributed by atoms with E-state index in [1.807, 2.05) is 13.0 Å². The van der Waals surface area contributed by atoms with Crippen LogP contribution in [-0.2, 0) is 6.54 Å². The molecule has 0 amide bonds. The van der Waals surface area contributed by atoms with E-state index in [9.17, 15) is 0 Å². The van der Waals surface area contributed by atoms with E-state index in [0.29, 0.717) is 6.04 Å². The lowest BCUT2D eigenvalue weighted by Gasteiger charge is -2.27. The first-order valence-corrected chi connectivity index (χ1v) is 6.08. The molecule has 1 aromatic rings. The van der Waals surface area contributed by atoms with E-state index < -0.39 is 0 Å². The average molecular weight is 223 g/mol. The molecular formula is C12H21N3O. The maximum atomic E-state index is 5.21. The second-order valence-electron chi connectivity index (χ2n) is 4.78. The minimum absolute atomic E-state index is 0.641. The zero-order valence-electron chi connectivity index (χ0n) is 10.2. The highest BCUT2D eigenvalue weighted by Crippen LogP contribution is 2.10. The van der Waals surface area contributed by atoms with Gasteiger partial charge >= 0.3 is 0 Å². The first-order chi connectivity index (χ1) is 7.74. The van der Waals surface area contributed by atoms with Crippen LogP contribution in [0.15, 0.2) is 10.6 Å². The lowest BCUT2D eigenvalue weighted by Crippen LogP contribution is -2.42. The number of piperidine rings is 1. The molecule has 1 aliphatic rings. The van der Waals surface area contributed by atoms with Crippen LogP contribution in [0.2, 0.25) is 0 Å². The summed E-state index contributed by atoms with van der Waals surface area (Å²) >= 11 is 0. The van der Waals surface area contributed by atoms with Crippen LogP contribution in [0.5, 0.6) is 0 Å². The Morgan fingerprint density at radius 1 is 1.56 bits per heavy atom. The summed E-state index contributed by atoms with van der Waals surface area (Å²) in [4.78, 5) is 2.29. The smallest absolute Gasteiger partial charge is 0.150 e. The van der Waals surface area contributed by atoms with Crippen molar-refractivity contribution in [1.82, 2.24) is 15.4 Å². The summed E-state index contributed by atoms with van der Waals surface area (Å²) in [5.74, 6) is 0.954. The molecular weight excluding hydrogens is 202 g/mol. The number of likely N-dealkylation sites (N-methyl/N-ethyl adjacent to an activating group) is 1. The maximum absolute atomic E-state index is 5.21. The Morgan fingerprint density at radius 3 is 3.06 bits per heavy atom. The highest BCUT2D eigenvalue weighted by Gasteiger charge is 2.15. The number of aromatic nitrogens is 1. The molecule has 1 N–H and O–H groups in total. The van der Waals surface area contributed by atoms with Gasteiger partial charge in [0.15, 0.2) is 5.76 Å². The molecule has 0 spiro atoms. The van der Waals surface area contributed by atoms with Crippen LogP contribution in [0, 0.1) is 6.92 Å². The number of hydrogen-bond acceptors (Lipinski definition) is 4. The number of rotatable bonds is 4. The number of hydrogen-bond donors (Lipinski definition) is 1. The first-order valence-electron chi connectivity index (χ1n) is 6.08. The van der Waals surface area contributed by atoms with Crippen LogP contribution >= 0.6 is 0 Å². The Bertz CT molecular complexity index is 318. The van der Waals surface area contributed by atoms with Gasteiger partial charge in [0, 0.05) is 18.7 Å². The predicted octanol–water partition coefficient (Wildman–Crippen LogP) is 1.56. The normalized spacial score (nSPS) is 21.6. The quantitative estimate of drug-likeness (QED) is 0.841. The molecule has 2 heterocycles. The van der Waals surface area contributed by atoms with Gasteiger partial charge in [-0.1, -0.05) is 11.6 Å². The minimum Gasteiger partial charge on any atom is -0.360 e. The number of aryl methyl sites for hydroxylation is 1. The molecule has 4 heteroatoms. The highest BCUT2D eigenvalue weighted by atomic mass is 16.5. The summed E-state index contributed by atoms with van der Waals surface area (Å²) in [6.07, 6.45) is 3.97. The molecule has 0 bridgehead atoms. The van der Waals surface area contributed by atoms with Crippen LogP contribution in [0.4, 0.5) is 0 Å². The van der Waals surface area contributed by atoms with Gasteiger partial charge in [-0.2, -0.15) is 0 Å². The second kappa shape index (κ2) is 5.46. The molecule has 0 aliphatic carbocycles. The predicted molar refractivity (Wildman–Crippen MR) is 63.2 cm³/mol. The second-order valence-corrected chi connectivity index (χ2v) is 4.78. The molecule has 0 radical (unpaired) electrons. The fourth-order valence-corrected chi connectivity index (χ4v) is 2.28. The molecule has 0 aromatic carbocycles. The zero-order valence-corrected chi connectivity index (χ0v) is 10.2. The third-order valence-electron chi connectivity index (χ3n) is 3.05. The van der Waals surface area contributed by atoms with E-state index in [2.05, 4.69) is 22.4 Å². The van der Waals surface area contributed by atoms with Crippen molar-refractivity contribution in [1.29, 1.82) is 0 Å². The zero-order chi connectivity index (χ0) is 11.4. The van der Waals surface area contributed by atoms with Crippen molar-refractivity contribution >= 4 is 0 Å². The summed E-state index contributed by atoms with van der Waals surface area (Å²) in [5, 5.41) is 7.45. The third kappa shape index (κ3) is 3.32. The maximum Gasteiger partial charge on any atom is 0.150 e. The van der Waals surface area contributed by atoms with Gasteiger partial charge in [0.25, 0.3) is 0 Å². The van der Waals surface area contributed by atoms with E-state index in [4.69, 9.17) is 4.52 Å². The van der Waals surface area contributed by atoms with Gasteiger partial charge < -0.3 is 9.84 Å². The molecule has 2 rings (SSSR count). The van der Waals surface area contributed by atoms with Crippen molar-refractivity contribution in [3.05, 3.63) is 17.5 Å². The lowest BCUT2D eigenvalue weighted by atomic mass is 10.0. The van der Waals surface area contributed by atoms with Gasteiger partial charge in [-0.15, -0.1) is 0 Å². The topological polar surface area (TPSA) is 41.3 Å². The monoisotopic (exact) mass is 223 g/mol. The van der Waals surface area contributed by atoms with E-state index >= 15 is 0 Å². The molecule has 1 aliphatic heterocycles. The van der Waals surface area contributed by atoms with Crippen LogP contribution in [-0.4, -0.2) is 36.2 Å². The fourth-order valence-electron chi connectivity index (χ4n) is 2.28. The van der Waals surface area contributed by atoms with Crippen molar-refractivity contribution in [3.63, 3.8) is 0 Å². The molecule has 1 aromatic heterocycles. The SMILES string of the molecule is Cc1cc(CN(C)CC2CCCCN2)on1. The summed E-state index contributed by atoms with van der Waals surface area (Å²) < 4.78 is 5.21. The fraction of sp³-hybridized carbons (Fsp3) is 0.750. The van der Waals surface area contributed by atoms with Crippen LogP contribution in [0.1, 0.15) is 30.7 Å². The van der Waals surface area contributed by atoms with Crippen molar-refractivity contribution in [2.45, 2.75) is 38.8 Å². The Hall–Kier alpha value is -0.870. The largest absolute Gasteiger partial charge is 0.360 e. The van der Waals surface area contributed by atoms with E-state index in [0.717, 1.165) is 24.5 Å². The van der Waals surface area contributed by atoms with Crippen LogP contribution in [0.25, 0.3) is 0 Å². The summed E-state index contributed by atoms with van der Waals surface area (Å²) in [6.45, 7) is 5.05. The van der Waals surface area contributed by atoms with Crippen LogP contribution < -0.4 is 5.32 Å². The minimum atomic E-state index is 0.641. The lowest BCUT2D eigenvalue weighted by molar-refractivity contribution is 0.231. The Kier molecular flexibility index (Phi) is 3.96. The summed E-state index contributed by atoms with van der Waals surface area (Å²) in [7, 11) is 2.13. The number of nitrogens with one attached hydrogen (secondary N) is 1. The first kappa shape index (κ1) is 11.6. The summed E-state index contributed by atoms with van der Waals surface area (Å²) in [6, 6.07) is 2.65. The highest BCUT2D eigenvalue weighted by molar-refractivity contribution is 5.02. The molecule has 1 saturated heterocycles. The van der Waals surface area contributed by atoms with Crippen LogP contribution in [0.3, 0.4) is 0 Å². The Labute approximate surface area is 97.0 Å². The van der Waals surface area contributed by atoms with Gasteiger partial charge in [0.05, 0.1) is 12.2 Å². The number of nitrogens with zero attached hydrogens (tertiary/aromatic N) is 2. The average Bonchev–Trinajstić information content (AvgIpc) is 2.65. The molecule has 16 heavy (non-hydrogen) atoms. The van der Waals surface area contributed by atoms with E-state index in [1.54, 1.807) is 0 Å². The molecule has 4 nitrogen and oxygen atoms in total. The Morgan fingerprint density at radius 2 is 2.44 bits per heavy atom. The van der Waals surface area contributed by atoms with Gasteiger partial charge in [-0.3, -0.25) is 4.90 Å². The van der Waals surface area contributed by atoms with E-state index in [-0.39, 0.29) is 0 Å². The molecule has 1 atom stereocenters. The van der Waals surface area contributed by atoms with E-state index in [1.165, 1.54) is 25.8 Å². The van der Waals surface area contributed by atoms with Crippen molar-refractivity contribution < 1.29 is 4.52 Å². The van der Waals surface area contributed by atoms with Gasteiger partial charge in [0.2, 0.25) is 0 Å². The van der Waals surface area contributed by atoms with Crippen molar-refractivity contribution in [3.8, 4) is 0 Å². The third-order valence-corrected chi connectivity index (χ3v) is 3.05. The molecule has 1 unspecified atom stereocenters. The Balaban J connectivity index is 1.77. The van der Waals surface area contributed by atoms with Gasteiger partial charge in [-0.05, 0) is 33.4 Å². The molecule has 1 fully saturated rings. The summed E-state index contributed by atoms with van der Waals surface area (Å²) in [5.41, 5.74) is 0.958. The molecule has 0 saturated carbocycles. The van der Waals surface area contributed by atoms with Gasteiger partial charge in [0.1, 0.15) is 0 Å².